The van der Waals surface area contributed by atoms with Crippen molar-refractivity contribution in [3.63, 3.8) is 0 Å². The van der Waals surface area contributed by atoms with Gasteiger partial charge in [-0.1, -0.05) is 11.2 Å². The van der Waals surface area contributed by atoms with Crippen LogP contribution in [0.15, 0.2) is 23.4 Å². The van der Waals surface area contributed by atoms with Gasteiger partial charge in [-0.05, 0) is 37.5 Å². The molecule has 0 radical (unpaired) electrons. The van der Waals surface area contributed by atoms with Crippen LogP contribution in [0.2, 0.25) is 0 Å². The zero-order valence-electron chi connectivity index (χ0n) is 10.5. The van der Waals surface area contributed by atoms with Crippen molar-refractivity contribution in [1.82, 2.24) is 0 Å². The molecule has 1 fully saturated rings. The molecule has 0 amide bonds. The molecular weight excluding hydrogens is 230 g/mol. The first-order valence-corrected chi connectivity index (χ1v) is 6.13. The van der Waals surface area contributed by atoms with Gasteiger partial charge < -0.3 is 20.9 Å². The molecule has 0 unspecified atom stereocenters. The maximum atomic E-state index is 9.54. The van der Waals surface area contributed by atoms with Gasteiger partial charge in [-0.25, -0.2) is 0 Å². The fourth-order valence-corrected chi connectivity index (χ4v) is 2.28. The molecule has 0 spiro atoms. The summed E-state index contributed by atoms with van der Waals surface area (Å²) in [4.78, 5) is 2.17. The second-order valence-corrected chi connectivity index (χ2v) is 4.72. The maximum absolute atomic E-state index is 9.54. The van der Waals surface area contributed by atoms with E-state index in [1.165, 1.54) is 0 Å². The summed E-state index contributed by atoms with van der Waals surface area (Å²) in [5, 5.41) is 21.4. The number of benzene rings is 1. The van der Waals surface area contributed by atoms with Gasteiger partial charge in [0.2, 0.25) is 0 Å². The predicted octanol–water partition coefficient (Wildman–Crippen LogP) is 1.05. The Morgan fingerprint density at radius 1 is 1.39 bits per heavy atom. The largest absolute Gasteiger partial charge is 0.409 e. The van der Waals surface area contributed by atoms with Crippen LogP contribution in [0.3, 0.4) is 0 Å². The summed E-state index contributed by atoms with van der Waals surface area (Å²) in [5.41, 5.74) is 8.54. The number of piperidine rings is 1. The van der Waals surface area contributed by atoms with Gasteiger partial charge >= 0.3 is 0 Å². The van der Waals surface area contributed by atoms with Crippen LogP contribution in [-0.2, 0) is 0 Å². The summed E-state index contributed by atoms with van der Waals surface area (Å²) in [6, 6.07) is 5.84. The number of aryl methyl sites for hydroxylation is 1. The minimum atomic E-state index is -0.210. The summed E-state index contributed by atoms with van der Waals surface area (Å²) in [7, 11) is 0. The smallest absolute Gasteiger partial charge is 0.172 e. The van der Waals surface area contributed by atoms with E-state index in [1.807, 2.05) is 25.1 Å². The van der Waals surface area contributed by atoms with E-state index < -0.39 is 0 Å². The van der Waals surface area contributed by atoms with E-state index in [9.17, 15) is 5.11 Å². The van der Waals surface area contributed by atoms with Gasteiger partial charge in [-0.15, -0.1) is 0 Å². The van der Waals surface area contributed by atoms with Gasteiger partial charge in [-0.2, -0.15) is 0 Å². The number of aliphatic hydroxyl groups is 1. The van der Waals surface area contributed by atoms with E-state index in [2.05, 4.69) is 10.1 Å². The summed E-state index contributed by atoms with van der Waals surface area (Å²) in [6.07, 6.45) is 1.30. The van der Waals surface area contributed by atoms with Crippen LogP contribution in [0.4, 0.5) is 5.69 Å². The topological polar surface area (TPSA) is 82.1 Å². The summed E-state index contributed by atoms with van der Waals surface area (Å²) < 4.78 is 0. The van der Waals surface area contributed by atoms with Gasteiger partial charge in [0.25, 0.3) is 0 Å². The number of amidine groups is 1. The quantitative estimate of drug-likeness (QED) is 0.317. The van der Waals surface area contributed by atoms with Crippen molar-refractivity contribution in [1.29, 1.82) is 0 Å². The first kappa shape index (κ1) is 12.7. The van der Waals surface area contributed by atoms with Crippen molar-refractivity contribution in [2.45, 2.75) is 25.9 Å². The monoisotopic (exact) mass is 249 g/mol. The number of aliphatic hydroxyl groups excluding tert-OH is 1. The Morgan fingerprint density at radius 3 is 2.67 bits per heavy atom. The molecular formula is C13H19N3O2. The molecule has 0 atom stereocenters. The molecule has 18 heavy (non-hydrogen) atoms. The molecule has 0 aromatic heterocycles. The highest BCUT2D eigenvalue weighted by molar-refractivity contribution is 6.02. The summed E-state index contributed by atoms with van der Waals surface area (Å²) in [5.74, 6) is 0.121. The van der Waals surface area contributed by atoms with Crippen molar-refractivity contribution >= 4 is 11.5 Å². The van der Waals surface area contributed by atoms with Crippen molar-refractivity contribution < 1.29 is 10.3 Å². The number of rotatable bonds is 2. The normalized spacial score (nSPS) is 18.1. The minimum Gasteiger partial charge on any atom is -0.409 e. The molecule has 1 heterocycles. The SMILES string of the molecule is Cc1ccc(C(N)=NO)c(N2CCC(O)CC2)c1. The lowest BCUT2D eigenvalue weighted by atomic mass is 10.0. The molecule has 4 N–H and O–H groups in total. The van der Waals surface area contributed by atoms with E-state index in [-0.39, 0.29) is 11.9 Å². The highest BCUT2D eigenvalue weighted by atomic mass is 16.4. The fourth-order valence-electron chi connectivity index (χ4n) is 2.28. The van der Waals surface area contributed by atoms with Crippen molar-refractivity contribution in [3.8, 4) is 0 Å². The predicted molar refractivity (Wildman–Crippen MR) is 71.1 cm³/mol. The number of hydrogen-bond donors (Lipinski definition) is 3. The molecule has 1 aliphatic heterocycles. The number of anilines is 1. The number of nitrogens with zero attached hydrogens (tertiary/aromatic N) is 2. The second kappa shape index (κ2) is 5.27. The van der Waals surface area contributed by atoms with Crippen LogP contribution in [0.1, 0.15) is 24.0 Å². The van der Waals surface area contributed by atoms with Gasteiger partial charge in [-0.3, -0.25) is 0 Å². The number of oxime groups is 1. The van der Waals surface area contributed by atoms with Crippen LogP contribution < -0.4 is 10.6 Å². The number of hydrogen-bond acceptors (Lipinski definition) is 4. The highest BCUT2D eigenvalue weighted by Crippen LogP contribution is 2.25. The van der Waals surface area contributed by atoms with E-state index >= 15 is 0 Å². The zero-order valence-corrected chi connectivity index (χ0v) is 10.5. The van der Waals surface area contributed by atoms with Gasteiger partial charge in [0.1, 0.15) is 0 Å². The van der Waals surface area contributed by atoms with E-state index in [1.54, 1.807) is 0 Å². The zero-order chi connectivity index (χ0) is 13.1. The van der Waals surface area contributed by atoms with Gasteiger partial charge in [0.15, 0.2) is 5.84 Å². The van der Waals surface area contributed by atoms with Crippen LogP contribution in [-0.4, -0.2) is 35.3 Å². The first-order valence-electron chi connectivity index (χ1n) is 6.13. The molecule has 0 bridgehead atoms. The third kappa shape index (κ3) is 2.56. The lowest BCUT2D eigenvalue weighted by Crippen LogP contribution is -2.37. The minimum absolute atomic E-state index is 0.121. The van der Waals surface area contributed by atoms with Crippen molar-refractivity contribution in [3.05, 3.63) is 29.3 Å². The molecule has 1 aliphatic rings. The molecule has 1 aromatic carbocycles. The molecule has 0 aliphatic carbocycles. The van der Waals surface area contributed by atoms with E-state index in [0.717, 1.165) is 42.7 Å². The molecule has 1 saturated heterocycles. The Hall–Kier alpha value is -1.75. The third-order valence-electron chi connectivity index (χ3n) is 3.34. The number of nitrogens with two attached hydrogens (primary N) is 1. The third-order valence-corrected chi connectivity index (χ3v) is 3.34. The van der Waals surface area contributed by atoms with E-state index in [4.69, 9.17) is 10.9 Å². The lowest BCUT2D eigenvalue weighted by Gasteiger charge is -2.33. The average molecular weight is 249 g/mol. The maximum Gasteiger partial charge on any atom is 0.172 e. The van der Waals surface area contributed by atoms with Crippen molar-refractivity contribution in [2.75, 3.05) is 18.0 Å². The highest BCUT2D eigenvalue weighted by Gasteiger charge is 2.20. The molecule has 5 nitrogen and oxygen atoms in total. The molecule has 1 aromatic rings. The Bertz CT molecular complexity index is 452. The van der Waals surface area contributed by atoms with Crippen molar-refractivity contribution in [2.24, 2.45) is 10.9 Å². The Kier molecular flexibility index (Phi) is 3.72. The Labute approximate surface area is 107 Å². The fraction of sp³-hybridized carbons (Fsp3) is 0.462. The van der Waals surface area contributed by atoms with Crippen LogP contribution >= 0.6 is 0 Å². The Morgan fingerprint density at radius 2 is 2.06 bits per heavy atom. The average Bonchev–Trinajstić information content (AvgIpc) is 2.38. The first-order chi connectivity index (χ1) is 8.61. The molecule has 2 rings (SSSR count). The molecule has 5 heteroatoms. The van der Waals surface area contributed by atoms with Crippen LogP contribution in [0.5, 0.6) is 0 Å². The standard InChI is InChI=1S/C13H19N3O2/c1-9-2-3-11(13(14)15-18)12(8-9)16-6-4-10(17)5-7-16/h2-3,8,10,17-18H,4-7H2,1H3,(H2,14,15). The van der Waals surface area contributed by atoms with Crippen LogP contribution in [0, 0.1) is 6.92 Å². The molecule has 0 saturated carbocycles. The van der Waals surface area contributed by atoms with Crippen LogP contribution in [0.25, 0.3) is 0 Å². The molecule has 98 valence electrons. The lowest BCUT2D eigenvalue weighted by molar-refractivity contribution is 0.145. The summed E-state index contributed by atoms with van der Waals surface area (Å²) >= 11 is 0. The van der Waals surface area contributed by atoms with Gasteiger partial charge in [0, 0.05) is 24.3 Å². The van der Waals surface area contributed by atoms with E-state index in [0.29, 0.717) is 0 Å². The second-order valence-electron chi connectivity index (χ2n) is 4.72. The van der Waals surface area contributed by atoms with Gasteiger partial charge in [0.05, 0.1) is 6.10 Å². The Balaban J connectivity index is 2.33. The summed E-state index contributed by atoms with van der Waals surface area (Å²) in [6.45, 7) is 3.59.